The number of benzene rings is 2. The minimum absolute atomic E-state index is 0.0124. The van der Waals surface area contributed by atoms with Crippen molar-refractivity contribution in [3.05, 3.63) is 65.5 Å². The third-order valence-electron chi connectivity index (χ3n) is 7.35. The lowest BCUT2D eigenvalue weighted by atomic mass is 9.75. The van der Waals surface area contributed by atoms with Crippen molar-refractivity contribution in [3.63, 3.8) is 0 Å². The fourth-order valence-corrected chi connectivity index (χ4v) is 5.40. The zero-order chi connectivity index (χ0) is 23.5. The molecule has 176 valence electrons. The van der Waals surface area contributed by atoms with E-state index in [1.54, 1.807) is 0 Å². The lowest BCUT2D eigenvalue weighted by Gasteiger charge is -2.37. The molecule has 1 unspecified atom stereocenters. The summed E-state index contributed by atoms with van der Waals surface area (Å²) in [6.45, 7) is 11.0. The van der Waals surface area contributed by atoms with Crippen molar-refractivity contribution in [3.8, 4) is 0 Å². The molecule has 0 spiro atoms. The number of hydrogen-bond donors (Lipinski definition) is 0. The Morgan fingerprint density at radius 3 is 2.55 bits per heavy atom. The summed E-state index contributed by atoms with van der Waals surface area (Å²) in [6.07, 6.45) is 4.66. The van der Waals surface area contributed by atoms with E-state index in [1.807, 2.05) is 18.2 Å². The highest BCUT2D eigenvalue weighted by Crippen LogP contribution is 2.36. The Morgan fingerprint density at radius 2 is 1.85 bits per heavy atom. The Morgan fingerprint density at radius 1 is 1.12 bits per heavy atom. The molecule has 0 amide bonds. The molecule has 4 atom stereocenters. The molecule has 0 bridgehead atoms. The molecule has 4 rings (SSSR count). The van der Waals surface area contributed by atoms with E-state index < -0.39 is 6.04 Å². The van der Waals surface area contributed by atoms with Crippen molar-refractivity contribution in [2.75, 3.05) is 0 Å². The number of aryl methyl sites for hydroxylation is 2. The van der Waals surface area contributed by atoms with Crippen LogP contribution in [0.5, 0.6) is 0 Å². The van der Waals surface area contributed by atoms with Gasteiger partial charge in [-0.25, -0.2) is 9.78 Å². The molecular weight excluding hydrogens is 408 g/mol. The van der Waals surface area contributed by atoms with Crippen LogP contribution < -0.4 is 0 Å². The van der Waals surface area contributed by atoms with Gasteiger partial charge in [-0.1, -0.05) is 76.1 Å². The highest BCUT2D eigenvalue weighted by molar-refractivity contribution is 5.81. The van der Waals surface area contributed by atoms with Gasteiger partial charge in [-0.05, 0) is 55.2 Å². The summed E-state index contributed by atoms with van der Waals surface area (Å²) in [5.41, 5.74) is 4.29. The van der Waals surface area contributed by atoms with Crippen molar-refractivity contribution in [1.82, 2.24) is 9.55 Å². The molecule has 0 N–H and O–H groups in total. The van der Waals surface area contributed by atoms with Gasteiger partial charge >= 0.3 is 5.97 Å². The Hall–Kier alpha value is -2.62. The van der Waals surface area contributed by atoms with Crippen LogP contribution >= 0.6 is 0 Å². The predicted molar refractivity (Wildman–Crippen MR) is 134 cm³/mol. The van der Waals surface area contributed by atoms with E-state index in [-0.39, 0.29) is 12.1 Å². The molecule has 3 aromatic rings. The van der Waals surface area contributed by atoms with Crippen LogP contribution in [0.25, 0.3) is 11.0 Å². The van der Waals surface area contributed by atoms with Crippen LogP contribution in [-0.2, 0) is 22.4 Å². The van der Waals surface area contributed by atoms with Gasteiger partial charge in [0.15, 0.2) is 0 Å². The molecule has 0 radical (unpaired) electrons. The maximum Gasteiger partial charge on any atom is 0.329 e. The monoisotopic (exact) mass is 446 g/mol. The second-order valence-electron chi connectivity index (χ2n) is 10.2. The van der Waals surface area contributed by atoms with Crippen molar-refractivity contribution in [2.45, 2.75) is 78.9 Å². The van der Waals surface area contributed by atoms with Crippen molar-refractivity contribution < 1.29 is 9.53 Å². The average molecular weight is 447 g/mol. The second-order valence-corrected chi connectivity index (χ2v) is 10.2. The van der Waals surface area contributed by atoms with Crippen molar-refractivity contribution in [2.24, 2.45) is 17.8 Å². The number of para-hydroxylation sites is 2. The molecule has 1 saturated carbocycles. The van der Waals surface area contributed by atoms with Gasteiger partial charge in [0.05, 0.1) is 11.0 Å². The number of fused-ring (bicyclic) bond motifs is 1. The summed E-state index contributed by atoms with van der Waals surface area (Å²) in [5, 5.41) is 0. The highest BCUT2D eigenvalue weighted by atomic mass is 16.5. The molecule has 1 aromatic heterocycles. The van der Waals surface area contributed by atoms with Gasteiger partial charge in [0, 0.05) is 12.8 Å². The lowest BCUT2D eigenvalue weighted by molar-refractivity contribution is -0.160. The maximum absolute atomic E-state index is 13.9. The number of ether oxygens (including phenoxy) is 1. The zero-order valence-electron chi connectivity index (χ0n) is 20.8. The van der Waals surface area contributed by atoms with Gasteiger partial charge in [0.2, 0.25) is 0 Å². The first-order valence-electron chi connectivity index (χ1n) is 12.6. The van der Waals surface area contributed by atoms with Gasteiger partial charge in [-0.15, -0.1) is 0 Å². The van der Waals surface area contributed by atoms with Gasteiger partial charge < -0.3 is 9.30 Å². The predicted octanol–water partition coefficient (Wildman–Crippen LogP) is 6.69. The van der Waals surface area contributed by atoms with Gasteiger partial charge in [0.25, 0.3) is 0 Å². The van der Waals surface area contributed by atoms with Crippen LogP contribution in [0.2, 0.25) is 0 Å². The van der Waals surface area contributed by atoms with E-state index in [0.717, 1.165) is 41.7 Å². The van der Waals surface area contributed by atoms with Crippen LogP contribution in [0.15, 0.2) is 48.5 Å². The molecule has 1 fully saturated rings. The number of aromatic nitrogens is 2. The fourth-order valence-electron chi connectivity index (χ4n) is 5.40. The van der Waals surface area contributed by atoms with E-state index in [9.17, 15) is 4.79 Å². The largest absolute Gasteiger partial charge is 0.461 e. The number of hydrogen-bond acceptors (Lipinski definition) is 3. The molecule has 33 heavy (non-hydrogen) atoms. The van der Waals surface area contributed by atoms with Crippen molar-refractivity contribution in [1.29, 1.82) is 0 Å². The normalized spacial score (nSPS) is 21.9. The van der Waals surface area contributed by atoms with Crippen LogP contribution in [0.1, 0.15) is 70.0 Å². The number of carbonyl (C=O) groups excluding carboxylic acids is 1. The molecule has 4 heteroatoms. The summed E-state index contributed by atoms with van der Waals surface area (Å²) in [6, 6.07) is 16.2. The molecule has 1 aliphatic rings. The van der Waals surface area contributed by atoms with Gasteiger partial charge in [-0.2, -0.15) is 0 Å². The molecule has 0 saturated heterocycles. The summed E-state index contributed by atoms with van der Waals surface area (Å²) in [7, 11) is 0. The Kier molecular flexibility index (Phi) is 7.21. The number of esters is 1. The molecule has 2 aromatic carbocycles. The third kappa shape index (κ3) is 5.15. The van der Waals surface area contributed by atoms with Gasteiger partial charge in [-0.3, -0.25) is 0 Å². The molecule has 1 aliphatic carbocycles. The maximum atomic E-state index is 13.9. The molecule has 4 nitrogen and oxygen atoms in total. The van der Waals surface area contributed by atoms with Crippen molar-refractivity contribution >= 4 is 17.0 Å². The van der Waals surface area contributed by atoms with E-state index in [0.29, 0.717) is 24.2 Å². The van der Waals surface area contributed by atoms with Gasteiger partial charge in [0.1, 0.15) is 18.0 Å². The standard InChI is InChI=1S/C29H38N2O2/c1-6-28-30-24-9-7-8-10-25(24)31(28)26(18-22-14-11-20(4)12-15-22)29(32)33-27-17-21(5)13-16-23(27)19(2)3/h7-12,14-15,19,21,23,26-27H,6,13,16-18H2,1-5H3/t21-,23+,26-,27?/m1/s1. The van der Waals surface area contributed by atoms with Crippen LogP contribution in [-0.4, -0.2) is 21.6 Å². The summed E-state index contributed by atoms with van der Waals surface area (Å²) >= 11 is 0. The summed E-state index contributed by atoms with van der Waals surface area (Å²) in [4.78, 5) is 18.7. The first kappa shape index (κ1) is 23.5. The Labute approximate surface area is 198 Å². The summed E-state index contributed by atoms with van der Waals surface area (Å²) in [5.74, 6) is 2.33. The third-order valence-corrected chi connectivity index (χ3v) is 7.35. The quantitative estimate of drug-likeness (QED) is 0.380. The smallest absolute Gasteiger partial charge is 0.329 e. The van der Waals surface area contributed by atoms with E-state index in [1.165, 1.54) is 12.0 Å². The molecular formula is C29H38N2O2. The molecule has 1 heterocycles. The zero-order valence-corrected chi connectivity index (χ0v) is 20.8. The van der Waals surface area contributed by atoms with E-state index in [2.05, 4.69) is 69.5 Å². The first-order chi connectivity index (χ1) is 15.9. The van der Waals surface area contributed by atoms with Crippen LogP contribution in [0, 0.1) is 24.7 Å². The lowest BCUT2D eigenvalue weighted by Crippen LogP contribution is -2.38. The minimum Gasteiger partial charge on any atom is -0.461 e. The SMILES string of the molecule is CCc1nc2ccccc2n1[C@H](Cc1ccc(C)cc1)C(=O)OC1C[C@H](C)CC[C@H]1C(C)C. The topological polar surface area (TPSA) is 44.1 Å². The average Bonchev–Trinajstić information content (AvgIpc) is 3.17. The summed E-state index contributed by atoms with van der Waals surface area (Å²) < 4.78 is 8.51. The highest BCUT2D eigenvalue weighted by Gasteiger charge is 2.36. The van der Waals surface area contributed by atoms with E-state index >= 15 is 0 Å². The van der Waals surface area contributed by atoms with Crippen LogP contribution in [0.4, 0.5) is 0 Å². The first-order valence-corrected chi connectivity index (χ1v) is 12.6. The number of carbonyl (C=O) groups is 1. The second kappa shape index (κ2) is 10.1. The fraction of sp³-hybridized carbons (Fsp3) is 0.517. The number of rotatable bonds is 7. The molecule has 0 aliphatic heterocycles. The Bertz CT molecular complexity index is 1080. The minimum atomic E-state index is -0.430. The van der Waals surface area contributed by atoms with Crippen LogP contribution in [0.3, 0.4) is 0 Å². The number of nitrogens with zero attached hydrogens (tertiary/aromatic N) is 2. The Balaban J connectivity index is 1.71. The number of imidazole rings is 1. The van der Waals surface area contributed by atoms with E-state index in [4.69, 9.17) is 9.72 Å².